The fraction of sp³-hybridized carbons (Fsp3) is 0.0588. The number of anilines is 1. The molecule has 0 fully saturated rings. The topological polar surface area (TPSA) is 42.0 Å². The number of aromatic nitrogens is 1. The predicted octanol–water partition coefficient (Wildman–Crippen LogP) is 5.03. The number of hydrogen-bond acceptors (Lipinski definition) is 3. The standard InChI is InChI=1S/C17H11BrF2N2OS/c18-11-3-1-10(2-4-11)7-16(23)22-17-21-15(9-24-17)13-8-12(19)5-6-14(13)20/h1-6,8-9H,7H2,(H,21,22,23). The maximum absolute atomic E-state index is 13.8. The number of nitrogens with zero attached hydrogens (tertiary/aromatic N) is 1. The Bertz CT molecular complexity index is 881. The van der Waals surface area contributed by atoms with E-state index in [0.29, 0.717) is 5.13 Å². The molecule has 3 nitrogen and oxygen atoms in total. The number of thiazole rings is 1. The molecule has 122 valence electrons. The van der Waals surface area contributed by atoms with Gasteiger partial charge in [0.25, 0.3) is 0 Å². The number of carbonyl (C=O) groups is 1. The number of benzene rings is 2. The first-order chi connectivity index (χ1) is 11.5. The molecule has 1 heterocycles. The molecule has 1 aromatic heterocycles. The molecule has 3 aromatic rings. The molecular weight excluding hydrogens is 398 g/mol. The van der Waals surface area contributed by atoms with Crippen molar-refractivity contribution in [2.24, 2.45) is 0 Å². The second kappa shape index (κ2) is 7.19. The van der Waals surface area contributed by atoms with Crippen LogP contribution >= 0.6 is 27.3 Å². The van der Waals surface area contributed by atoms with Gasteiger partial charge in [-0.25, -0.2) is 13.8 Å². The van der Waals surface area contributed by atoms with Gasteiger partial charge in [-0.05, 0) is 35.9 Å². The summed E-state index contributed by atoms with van der Waals surface area (Å²) in [5.74, 6) is -1.33. The number of halogens is 3. The van der Waals surface area contributed by atoms with E-state index in [1.807, 2.05) is 24.3 Å². The molecule has 0 spiro atoms. The van der Waals surface area contributed by atoms with Crippen molar-refractivity contribution in [2.45, 2.75) is 6.42 Å². The molecule has 0 aliphatic heterocycles. The Morgan fingerprint density at radius 1 is 1.17 bits per heavy atom. The third kappa shape index (κ3) is 4.04. The fourth-order valence-corrected chi connectivity index (χ4v) is 3.09. The zero-order valence-electron chi connectivity index (χ0n) is 12.2. The summed E-state index contributed by atoms with van der Waals surface area (Å²) in [6, 6.07) is 10.6. The summed E-state index contributed by atoms with van der Waals surface area (Å²) in [7, 11) is 0. The van der Waals surface area contributed by atoms with E-state index in [0.717, 1.165) is 39.6 Å². The summed E-state index contributed by atoms with van der Waals surface area (Å²) in [5.41, 5.74) is 1.22. The normalized spacial score (nSPS) is 10.6. The third-order valence-corrected chi connectivity index (χ3v) is 4.52. The lowest BCUT2D eigenvalue weighted by atomic mass is 10.1. The van der Waals surface area contributed by atoms with E-state index in [1.54, 1.807) is 5.38 Å². The van der Waals surface area contributed by atoms with Gasteiger partial charge in [-0.1, -0.05) is 28.1 Å². The lowest BCUT2D eigenvalue weighted by molar-refractivity contribution is -0.115. The van der Waals surface area contributed by atoms with E-state index in [2.05, 4.69) is 26.2 Å². The van der Waals surface area contributed by atoms with Crippen molar-refractivity contribution in [3.8, 4) is 11.3 Å². The molecule has 3 rings (SSSR count). The summed E-state index contributed by atoms with van der Waals surface area (Å²) < 4.78 is 27.9. The Kier molecular flexibility index (Phi) is 5.01. The molecule has 0 aliphatic rings. The maximum atomic E-state index is 13.8. The molecule has 0 radical (unpaired) electrons. The second-order valence-corrected chi connectivity index (χ2v) is 6.79. The number of nitrogens with one attached hydrogen (secondary N) is 1. The van der Waals surface area contributed by atoms with Crippen molar-refractivity contribution in [3.05, 3.63) is 69.5 Å². The molecule has 0 atom stereocenters. The van der Waals surface area contributed by atoms with Crippen molar-refractivity contribution in [1.82, 2.24) is 4.98 Å². The van der Waals surface area contributed by atoms with E-state index < -0.39 is 11.6 Å². The van der Waals surface area contributed by atoms with Gasteiger partial charge in [0.15, 0.2) is 5.13 Å². The van der Waals surface area contributed by atoms with Crippen LogP contribution in [0.15, 0.2) is 52.3 Å². The van der Waals surface area contributed by atoms with Crippen molar-refractivity contribution in [3.63, 3.8) is 0 Å². The first-order valence-electron chi connectivity index (χ1n) is 6.96. The molecule has 24 heavy (non-hydrogen) atoms. The molecule has 0 saturated heterocycles. The van der Waals surface area contributed by atoms with Crippen LogP contribution in [-0.2, 0) is 11.2 Å². The first kappa shape index (κ1) is 16.7. The van der Waals surface area contributed by atoms with Gasteiger partial charge in [0.2, 0.25) is 5.91 Å². The Morgan fingerprint density at radius 3 is 2.67 bits per heavy atom. The maximum Gasteiger partial charge on any atom is 0.230 e. The quantitative estimate of drug-likeness (QED) is 0.657. The molecule has 1 amide bonds. The SMILES string of the molecule is O=C(Cc1ccc(Br)cc1)Nc1nc(-c2cc(F)ccc2F)cs1. The summed E-state index contributed by atoms with van der Waals surface area (Å²) >= 11 is 4.50. The molecule has 7 heteroatoms. The Morgan fingerprint density at radius 2 is 1.92 bits per heavy atom. The summed E-state index contributed by atoms with van der Waals surface area (Å²) in [6.07, 6.45) is 0.205. The zero-order valence-corrected chi connectivity index (χ0v) is 14.6. The van der Waals surface area contributed by atoms with Crippen LogP contribution in [0.2, 0.25) is 0 Å². The third-order valence-electron chi connectivity index (χ3n) is 3.23. The van der Waals surface area contributed by atoms with Gasteiger partial charge in [0.05, 0.1) is 12.1 Å². The van der Waals surface area contributed by atoms with Gasteiger partial charge in [-0.3, -0.25) is 4.79 Å². The average molecular weight is 409 g/mol. The van der Waals surface area contributed by atoms with Crippen LogP contribution in [0.5, 0.6) is 0 Å². The van der Waals surface area contributed by atoms with Crippen LogP contribution in [0.25, 0.3) is 11.3 Å². The Hall–Kier alpha value is -2.12. The summed E-state index contributed by atoms with van der Waals surface area (Å²) in [6.45, 7) is 0. The van der Waals surface area contributed by atoms with Crippen LogP contribution < -0.4 is 5.32 Å². The van der Waals surface area contributed by atoms with E-state index in [4.69, 9.17) is 0 Å². The van der Waals surface area contributed by atoms with E-state index in [9.17, 15) is 13.6 Å². The number of amides is 1. The van der Waals surface area contributed by atoms with Gasteiger partial charge in [0.1, 0.15) is 11.6 Å². The highest BCUT2D eigenvalue weighted by molar-refractivity contribution is 9.10. The monoisotopic (exact) mass is 408 g/mol. The van der Waals surface area contributed by atoms with Crippen molar-refractivity contribution >= 4 is 38.3 Å². The van der Waals surface area contributed by atoms with Gasteiger partial charge in [-0.15, -0.1) is 11.3 Å². The highest BCUT2D eigenvalue weighted by Gasteiger charge is 2.12. The van der Waals surface area contributed by atoms with Crippen LogP contribution in [0.3, 0.4) is 0 Å². The number of hydrogen-bond donors (Lipinski definition) is 1. The number of rotatable bonds is 4. The molecule has 0 bridgehead atoms. The van der Waals surface area contributed by atoms with Crippen molar-refractivity contribution in [1.29, 1.82) is 0 Å². The lowest BCUT2D eigenvalue weighted by Gasteiger charge is -2.02. The van der Waals surface area contributed by atoms with Gasteiger partial charge >= 0.3 is 0 Å². The molecular formula is C17H11BrF2N2OS. The zero-order chi connectivity index (χ0) is 17.1. The van der Waals surface area contributed by atoms with Gasteiger partial charge in [-0.2, -0.15) is 0 Å². The summed E-state index contributed by atoms with van der Waals surface area (Å²) in [4.78, 5) is 16.2. The van der Waals surface area contributed by atoms with Crippen LogP contribution in [0.1, 0.15) is 5.56 Å². The van der Waals surface area contributed by atoms with E-state index in [-0.39, 0.29) is 23.6 Å². The highest BCUT2D eigenvalue weighted by Crippen LogP contribution is 2.27. The molecule has 2 aromatic carbocycles. The minimum Gasteiger partial charge on any atom is -0.302 e. The predicted molar refractivity (Wildman–Crippen MR) is 93.9 cm³/mol. The largest absolute Gasteiger partial charge is 0.302 e. The van der Waals surface area contributed by atoms with E-state index >= 15 is 0 Å². The molecule has 1 N–H and O–H groups in total. The van der Waals surface area contributed by atoms with Crippen LogP contribution in [-0.4, -0.2) is 10.9 Å². The molecule has 0 aliphatic carbocycles. The van der Waals surface area contributed by atoms with Crippen LogP contribution in [0, 0.1) is 11.6 Å². The van der Waals surface area contributed by atoms with Gasteiger partial charge in [0, 0.05) is 15.4 Å². The average Bonchev–Trinajstić information content (AvgIpc) is 3.00. The Labute approximate surface area is 149 Å². The Balaban J connectivity index is 1.70. The minimum absolute atomic E-state index is 0.0691. The summed E-state index contributed by atoms with van der Waals surface area (Å²) in [5, 5.41) is 4.59. The van der Waals surface area contributed by atoms with E-state index in [1.165, 1.54) is 0 Å². The second-order valence-electron chi connectivity index (χ2n) is 5.01. The first-order valence-corrected chi connectivity index (χ1v) is 8.64. The highest BCUT2D eigenvalue weighted by atomic mass is 79.9. The van der Waals surface area contributed by atoms with Gasteiger partial charge < -0.3 is 5.32 Å². The minimum atomic E-state index is -0.561. The molecule has 0 unspecified atom stereocenters. The number of carbonyl (C=O) groups excluding carboxylic acids is 1. The smallest absolute Gasteiger partial charge is 0.230 e. The van der Waals surface area contributed by atoms with Crippen LogP contribution in [0.4, 0.5) is 13.9 Å². The fourth-order valence-electron chi connectivity index (χ4n) is 2.10. The van der Waals surface area contributed by atoms with Crippen molar-refractivity contribution in [2.75, 3.05) is 5.32 Å². The molecule has 0 saturated carbocycles. The lowest BCUT2D eigenvalue weighted by Crippen LogP contribution is -2.14. The van der Waals surface area contributed by atoms with Crippen molar-refractivity contribution < 1.29 is 13.6 Å².